The molecular weight excluding hydrogens is 382 g/mol. The summed E-state index contributed by atoms with van der Waals surface area (Å²) in [5.41, 5.74) is 1.71. The van der Waals surface area contributed by atoms with E-state index in [9.17, 15) is 9.59 Å². The zero-order valence-corrected chi connectivity index (χ0v) is 16.5. The number of rotatable bonds is 6. The van der Waals surface area contributed by atoms with Crippen molar-refractivity contribution in [3.8, 4) is 11.5 Å². The molecule has 0 unspecified atom stereocenters. The van der Waals surface area contributed by atoms with Crippen LogP contribution >= 0.6 is 0 Å². The predicted octanol–water partition coefficient (Wildman–Crippen LogP) is 4.93. The van der Waals surface area contributed by atoms with Crippen LogP contribution in [0.3, 0.4) is 0 Å². The number of fused-ring (bicyclic) bond motifs is 1. The lowest BCUT2D eigenvalue weighted by Gasteiger charge is -2.07. The van der Waals surface area contributed by atoms with Gasteiger partial charge in [0.25, 0.3) is 5.91 Å². The molecule has 0 atom stereocenters. The topological polar surface area (TPSA) is 77.8 Å². The van der Waals surface area contributed by atoms with Gasteiger partial charge >= 0.3 is 0 Å². The van der Waals surface area contributed by atoms with E-state index in [0.717, 1.165) is 0 Å². The lowest BCUT2D eigenvalue weighted by molar-refractivity contribution is 0.101. The molecule has 1 aromatic heterocycles. The Bertz CT molecular complexity index is 1210. The van der Waals surface area contributed by atoms with Crippen molar-refractivity contribution in [3.63, 3.8) is 0 Å². The first-order valence-corrected chi connectivity index (χ1v) is 9.26. The van der Waals surface area contributed by atoms with Crippen LogP contribution in [-0.4, -0.2) is 25.9 Å². The largest absolute Gasteiger partial charge is 0.497 e. The van der Waals surface area contributed by atoms with E-state index in [1.165, 1.54) is 0 Å². The third kappa shape index (κ3) is 3.63. The van der Waals surface area contributed by atoms with Crippen LogP contribution in [0, 0.1) is 0 Å². The summed E-state index contributed by atoms with van der Waals surface area (Å²) >= 11 is 0. The molecule has 0 bridgehead atoms. The molecule has 1 heterocycles. The first-order valence-electron chi connectivity index (χ1n) is 9.26. The maximum Gasteiger partial charge on any atom is 0.255 e. The SMILES string of the molecule is COc1ccc(C(=O)Nc2c(C(=O)c3ccc(OC)cc3)oc3ccccc23)cc1. The lowest BCUT2D eigenvalue weighted by Crippen LogP contribution is -2.14. The van der Waals surface area contributed by atoms with Crippen molar-refractivity contribution in [2.45, 2.75) is 0 Å². The summed E-state index contributed by atoms with van der Waals surface area (Å²) in [4.78, 5) is 26.0. The number of anilines is 1. The number of para-hydroxylation sites is 1. The Kier molecular flexibility index (Phi) is 5.22. The van der Waals surface area contributed by atoms with Gasteiger partial charge in [0.1, 0.15) is 17.1 Å². The van der Waals surface area contributed by atoms with Gasteiger partial charge < -0.3 is 19.2 Å². The fourth-order valence-corrected chi connectivity index (χ4v) is 3.13. The van der Waals surface area contributed by atoms with Crippen molar-refractivity contribution in [2.24, 2.45) is 0 Å². The maximum atomic E-state index is 13.1. The smallest absolute Gasteiger partial charge is 0.255 e. The van der Waals surface area contributed by atoms with Gasteiger partial charge in [-0.25, -0.2) is 0 Å². The minimum atomic E-state index is -0.354. The second kappa shape index (κ2) is 8.13. The zero-order chi connectivity index (χ0) is 21.1. The van der Waals surface area contributed by atoms with Crippen LogP contribution in [0.1, 0.15) is 26.5 Å². The van der Waals surface area contributed by atoms with E-state index in [2.05, 4.69) is 5.32 Å². The van der Waals surface area contributed by atoms with E-state index in [4.69, 9.17) is 13.9 Å². The predicted molar refractivity (Wildman–Crippen MR) is 114 cm³/mol. The summed E-state index contributed by atoms with van der Waals surface area (Å²) < 4.78 is 16.1. The summed E-state index contributed by atoms with van der Waals surface area (Å²) in [5, 5.41) is 3.49. The van der Waals surface area contributed by atoms with Gasteiger partial charge in [-0.15, -0.1) is 0 Å². The van der Waals surface area contributed by atoms with Crippen molar-refractivity contribution in [2.75, 3.05) is 19.5 Å². The summed E-state index contributed by atoms with van der Waals surface area (Å²) in [5.74, 6) is 0.676. The Balaban J connectivity index is 1.72. The molecule has 0 aliphatic rings. The molecule has 0 radical (unpaired) electrons. The van der Waals surface area contributed by atoms with Gasteiger partial charge in [-0.1, -0.05) is 12.1 Å². The van der Waals surface area contributed by atoms with E-state index in [0.29, 0.717) is 39.3 Å². The van der Waals surface area contributed by atoms with E-state index in [1.54, 1.807) is 74.9 Å². The van der Waals surface area contributed by atoms with Crippen LogP contribution in [0.25, 0.3) is 11.0 Å². The van der Waals surface area contributed by atoms with E-state index in [-0.39, 0.29) is 17.5 Å². The molecule has 1 amide bonds. The second-order valence-electron chi connectivity index (χ2n) is 6.54. The molecule has 0 aliphatic carbocycles. The lowest BCUT2D eigenvalue weighted by atomic mass is 10.1. The van der Waals surface area contributed by atoms with Gasteiger partial charge in [-0.05, 0) is 60.7 Å². The number of benzene rings is 3. The molecule has 0 aliphatic heterocycles. The molecule has 1 N–H and O–H groups in total. The molecule has 3 aromatic carbocycles. The van der Waals surface area contributed by atoms with Crippen LogP contribution in [0.5, 0.6) is 11.5 Å². The van der Waals surface area contributed by atoms with Gasteiger partial charge in [0.05, 0.1) is 19.9 Å². The third-order valence-electron chi connectivity index (χ3n) is 4.74. The maximum absolute atomic E-state index is 13.1. The summed E-state index contributed by atoms with van der Waals surface area (Å²) in [7, 11) is 3.12. The fraction of sp³-hybridized carbons (Fsp3) is 0.0833. The number of nitrogens with one attached hydrogen (secondary N) is 1. The Hall–Kier alpha value is -4.06. The number of ether oxygens (including phenoxy) is 2. The Morgan fingerprint density at radius 3 is 1.93 bits per heavy atom. The Morgan fingerprint density at radius 2 is 1.33 bits per heavy atom. The number of amides is 1. The summed E-state index contributed by atoms with van der Waals surface area (Å²) in [6.45, 7) is 0. The van der Waals surface area contributed by atoms with E-state index in [1.807, 2.05) is 12.1 Å². The van der Waals surface area contributed by atoms with Crippen LogP contribution in [0.4, 0.5) is 5.69 Å². The average molecular weight is 401 g/mol. The highest BCUT2D eigenvalue weighted by molar-refractivity contribution is 6.18. The third-order valence-corrected chi connectivity index (χ3v) is 4.74. The highest BCUT2D eigenvalue weighted by Crippen LogP contribution is 2.33. The Morgan fingerprint density at radius 1 is 0.767 bits per heavy atom. The standard InChI is InChI=1S/C24H19NO5/c1-28-17-11-7-15(8-12-17)22(26)23-21(19-5-3-4-6-20(19)30-23)25-24(27)16-9-13-18(29-2)14-10-16/h3-14H,1-2H3,(H,25,27). The second-order valence-corrected chi connectivity index (χ2v) is 6.54. The van der Waals surface area contributed by atoms with Gasteiger partial charge in [0, 0.05) is 16.5 Å². The van der Waals surface area contributed by atoms with Gasteiger partial charge in [0.2, 0.25) is 5.78 Å². The van der Waals surface area contributed by atoms with Crippen molar-refractivity contribution < 1.29 is 23.5 Å². The zero-order valence-electron chi connectivity index (χ0n) is 16.5. The molecule has 0 spiro atoms. The molecule has 0 saturated carbocycles. The van der Waals surface area contributed by atoms with Crippen LogP contribution in [0.2, 0.25) is 0 Å². The van der Waals surface area contributed by atoms with E-state index >= 15 is 0 Å². The average Bonchev–Trinajstić information content (AvgIpc) is 3.17. The van der Waals surface area contributed by atoms with Gasteiger partial charge in [-0.2, -0.15) is 0 Å². The summed E-state index contributed by atoms with van der Waals surface area (Å²) in [6.07, 6.45) is 0. The number of methoxy groups -OCH3 is 2. The van der Waals surface area contributed by atoms with Crippen LogP contribution in [-0.2, 0) is 0 Å². The van der Waals surface area contributed by atoms with E-state index < -0.39 is 0 Å². The molecule has 6 heteroatoms. The minimum absolute atomic E-state index is 0.0724. The highest BCUT2D eigenvalue weighted by Gasteiger charge is 2.23. The number of hydrogen-bond donors (Lipinski definition) is 1. The number of carbonyl (C=O) groups excluding carboxylic acids is 2. The molecule has 6 nitrogen and oxygen atoms in total. The molecule has 4 aromatic rings. The molecule has 0 saturated heterocycles. The fourth-order valence-electron chi connectivity index (χ4n) is 3.13. The number of ketones is 1. The molecule has 150 valence electrons. The monoisotopic (exact) mass is 401 g/mol. The van der Waals surface area contributed by atoms with Crippen molar-refractivity contribution in [3.05, 3.63) is 89.7 Å². The Labute approximate surface area is 173 Å². The minimum Gasteiger partial charge on any atom is -0.497 e. The quantitative estimate of drug-likeness (QED) is 0.463. The van der Waals surface area contributed by atoms with Crippen molar-refractivity contribution in [1.29, 1.82) is 0 Å². The molecule has 0 fully saturated rings. The molecule has 30 heavy (non-hydrogen) atoms. The first kappa shape index (κ1) is 19.3. The normalized spacial score (nSPS) is 10.6. The van der Waals surface area contributed by atoms with Gasteiger partial charge in [-0.3, -0.25) is 9.59 Å². The number of furan rings is 1. The summed E-state index contributed by atoms with van der Waals surface area (Å²) in [6, 6.07) is 20.6. The molecular formula is C24H19NO5. The van der Waals surface area contributed by atoms with Crippen LogP contribution in [0.15, 0.2) is 77.2 Å². The molecule has 4 rings (SSSR count). The highest BCUT2D eigenvalue weighted by atomic mass is 16.5. The van der Waals surface area contributed by atoms with Crippen LogP contribution < -0.4 is 14.8 Å². The first-order chi connectivity index (χ1) is 14.6. The number of hydrogen-bond acceptors (Lipinski definition) is 5. The van der Waals surface area contributed by atoms with Crippen molar-refractivity contribution >= 4 is 28.3 Å². The van der Waals surface area contributed by atoms with Crippen molar-refractivity contribution in [1.82, 2.24) is 0 Å². The number of carbonyl (C=O) groups is 2. The van der Waals surface area contributed by atoms with Gasteiger partial charge in [0.15, 0.2) is 5.76 Å².